The molecule has 0 aliphatic carbocycles. The minimum Gasteiger partial charge on any atom is -0.490 e. The summed E-state index contributed by atoms with van der Waals surface area (Å²) in [7, 11) is 1.34. The van der Waals surface area contributed by atoms with Gasteiger partial charge in [0, 0.05) is 36.2 Å². The average molecular weight is 315 g/mol. The number of hydrogen-bond donors (Lipinski definition) is 0. The number of carbonyl (C=O) groups is 1. The summed E-state index contributed by atoms with van der Waals surface area (Å²) in [6, 6.07) is 4.14. The molecule has 0 saturated heterocycles. The number of amides is 1. The Balaban J connectivity index is 3.08. The number of hydrogen-bond acceptors (Lipinski definition) is 4. The zero-order chi connectivity index (χ0) is 16.0. The second-order valence-corrected chi connectivity index (χ2v) is 5.16. The molecule has 0 unspecified atom stereocenters. The third-order valence-corrected chi connectivity index (χ3v) is 3.31. The molecule has 1 aromatic rings. The van der Waals surface area contributed by atoms with Crippen molar-refractivity contribution < 1.29 is 14.5 Å². The van der Waals surface area contributed by atoms with Crippen molar-refractivity contribution >= 4 is 23.2 Å². The zero-order valence-corrected chi connectivity index (χ0v) is 13.1. The molecule has 1 amide bonds. The Bertz CT molecular complexity index is 520. The van der Waals surface area contributed by atoms with Crippen molar-refractivity contribution in [2.24, 2.45) is 0 Å². The molecule has 21 heavy (non-hydrogen) atoms. The van der Waals surface area contributed by atoms with Crippen molar-refractivity contribution in [2.75, 3.05) is 19.5 Å². The third-order valence-electron chi connectivity index (χ3n) is 3.04. The summed E-state index contributed by atoms with van der Waals surface area (Å²) < 4.78 is 4.99. The summed E-state index contributed by atoms with van der Waals surface area (Å²) in [4.78, 5) is 24.5. The summed E-state index contributed by atoms with van der Waals surface area (Å²) in [5.41, 5.74) is 0.201. The molecule has 0 radical (unpaired) electrons. The summed E-state index contributed by atoms with van der Waals surface area (Å²) >= 11 is 5.67. The summed E-state index contributed by atoms with van der Waals surface area (Å²) in [5.74, 6) is 0.357. The van der Waals surface area contributed by atoms with Crippen LogP contribution in [0.25, 0.3) is 0 Å². The van der Waals surface area contributed by atoms with Crippen LogP contribution in [0.2, 0.25) is 0 Å². The minimum atomic E-state index is -0.541. The van der Waals surface area contributed by atoms with Crippen LogP contribution in [0.5, 0.6) is 5.75 Å². The molecule has 116 valence electrons. The van der Waals surface area contributed by atoms with Gasteiger partial charge in [-0.3, -0.25) is 14.9 Å². The van der Waals surface area contributed by atoms with E-state index in [0.717, 1.165) is 0 Å². The number of carbonyl (C=O) groups excluding carboxylic acids is 1. The van der Waals surface area contributed by atoms with Crippen LogP contribution in [0.15, 0.2) is 18.2 Å². The molecule has 7 heteroatoms. The lowest BCUT2D eigenvalue weighted by atomic mass is 10.1. The Hall–Kier alpha value is -1.82. The van der Waals surface area contributed by atoms with E-state index in [0.29, 0.717) is 24.4 Å². The van der Waals surface area contributed by atoms with E-state index in [1.165, 1.54) is 25.3 Å². The molecule has 1 rings (SSSR count). The van der Waals surface area contributed by atoms with E-state index in [2.05, 4.69) is 0 Å². The van der Waals surface area contributed by atoms with E-state index in [9.17, 15) is 14.9 Å². The van der Waals surface area contributed by atoms with Gasteiger partial charge < -0.3 is 9.64 Å². The highest BCUT2D eigenvalue weighted by atomic mass is 35.5. The second kappa shape index (κ2) is 7.83. The van der Waals surface area contributed by atoms with Crippen LogP contribution in [-0.4, -0.2) is 41.3 Å². The maximum absolute atomic E-state index is 12.5. The molecule has 0 bridgehead atoms. The molecule has 0 fully saturated rings. The number of nitro groups is 1. The average Bonchev–Trinajstić information content (AvgIpc) is 2.46. The lowest BCUT2D eigenvalue weighted by Gasteiger charge is -2.26. The van der Waals surface area contributed by atoms with E-state index >= 15 is 0 Å². The Morgan fingerprint density at radius 3 is 2.62 bits per heavy atom. The highest BCUT2D eigenvalue weighted by molar-refractivity contribution is 6.17. The molecule has 0 heterocycles. The van der Waals surface area contributed by atoms with Gasteiger partial charge in [-0.1, -0.05) is 0 Å². The van der Waals surface area contributed by atoms with E-state index in [-0.39, 0.29) is 23.4 Å². The molecule has 0 aromatic heterocycles. The van der Waals surface area contributed by atoms with Gasteiger partial charge in [-0.2, -0.15) is 0 Å². The summed E-state index contributed by atoms with van der Waals surface area (Å²) in [6.45, 7) is 4.36. The summed E-state index contributed by atoms with van der Waals surface area (Å²) in [5, 5.41) is 10.9. The molecule has 0 spiro atoms. The first-order valence-corrected chi connectivity index (χ1v) is 7.15. The SMILES string of the molecule is COc1cc(C(=O)N(CCCCl)C(C)C)ccc1[N+](=O)[O-]. The molecule has 0 aliphatic rings. The van der Waals surface area contributed by atoms with Gasteiger partial charge in [0.1, 0.15) is 0 Å². The second-order valence-electron chi connectivity index (χ2n) is 4.78. The van der Waals surface area contributed by atoms with Crippen LogP contribution in [0.1, 0.15) is 30.6 Å². The Kier molecular flexibility index (Phi) is 6.42. The minimum absolute atomic E-state index is 0.0157. The molecule has 0 atom stereocenters. The number of benzene rings is 1. The lowest BCUT2D eigenvalue weighted by Crippen LogP contribution is -2.37. The number of methoxy groups -OCH3 is 1. The van der Waals surface area contributed by atoms with Crippen LogP contribution in [0.4, 0.5) is 5.69 Å². The van der Waals surface area contributed by atoms with Crippen LogP contribution >= 0.6 is 11.6 Å². The van der Waals surface area contributed by atoms with Crippen LogP contribution < -0.4 is 4.74 Å². The van der Waals surface area contributed by atoms with Gasteiger partial charge in [0.15, 0.2) is 5.75 Å². The molecule has 1 aromatic carbocycles. The quantitative estimate of drug-likeness (QED) is 0.440. The first-order valence-electron chi connectivity index (χ1n) is 6.61. The topological polar surface area (TPSA) is 72.7 Å². The first-order chi connectivity index (χ1) is 9.92. The van der Waals surface area contributed by atoms with E-state index in [1.54, 1.807) is 4.90 Å². The number of rotatable bonds is 7. The molecule has 0 N–H and O–H groups in total. The maximum atomic E-state index is 12.5. The smallest absolute Gasteiger partial charge is 0.310 e. The first kappa shape index (κ1) is 17.2. The largest absolute Gasteiger partial charge is 0.490 e. The van der Waals surface area contributed by atoms with Crippen molar-refractivity contribution in [1.29, 1.82) is 0 Å². The van der Waals surface area contributed by atoms with Gasteiger partial charge in [0.2, 0.25) is 0 Å². The predicted molar refractivity (Wildman–Crippen MR) is 81.2 cm³/mol. The molecule has 0 aliphatic heterocycles. The highest BCUT2D eigenvalue weighted by Gasteiger charge is 2.22. The van der Waals surface area contributed by atoms with Crippen LogP contribution in [-0.2, 0) is 0 Å². The normalized spacial score (nSPS) is 10.5. The van der Waals surface area contributed by atoms with Gasteiger partial charge >= 0.3 is 5.69 Å². The third kappa shape index (κ3) is 4.32. The lowest BCUT2D eigenvalue weighted by molar-refractivity contribution is -0.385. The predicted octanol–water partition coefficient (Wildman–Crippen LogP) is 3.08. The molecule has 0 saturated carbocycles. The highest BCUT2D eigenvalue weighted by Crippen LogP contribution is 2.28. The van der Waals surface area contributed by atoms with Gasteiger partial charge in [0.25, 0.3) is 5.91 Å². The molecule has 6 nitrogen and oxygen atoms in total. The zero-order valence-electron chi connectivity index (χ0n) is 12.3. The van der Waals surface area contributed by atoms with Gasteiger partial charge in [-0.05, 0) is 26.3 Å². The number of halogens is 1. The number of alkyl halides is 1. The fraction of sp³-hybridized carbons (Fsp3) is 0.500. The van der Waals surface area contributed by atoms with Crippen molar-refractivity contribution in [2.45, 2.75) is 26.3 Å². The monoisotopic (exact) mass is 314 g/mol. The van der Waals surface area contributed by atoms with Gasteiger partial charge in [0.05, 0.1) is 12.0 Å². The fourth-order valence-corrected chi connectivity index (χ4v) is 2.07. The van der Waals surface area contributed by atoms with Gasteiger partial charge in [-0.25, -0.2) is 0 Å². The number of ether oxygens (including phenoxy) is 1. The number of nitro benzene ring substituents is 1. The van der Waals surface area contributed by atoms with E-state index in [4.69, 9.17) is 16.3 Å². The van der Waals surface area contributed by atoms with Crippen LogP contribution in [0.3, 0.4) is 0 Å². The Morgan fingerprint density at radius 2 is 2.14 bits per heavy atom. The molecular formula is C14H19ClN2O4. The molecular weight excluding hydrogens is 296 g/mol. The fourth-order valence-electron chi connectivity index (χ4n) is 1.95. The van der Waals surface area contributed by atoms with Crippen molar-refractivity contribution in [3.8, 4) is 5.75 Å². The Morgan fingerprint density at radius 1 is 1.48 bits per heavy atom. The van der Waals surface area contributed by atoms with Crippen LogP contribution in [0, 0.1) is 10.1 Å². The van der Waals surface area contributed by atoms with Crippen molar-refractivity contribution in [1.82, 2.24) is 4.90 Å². The van der Waals surface area contributed by atoms with Gasteiger partial charge in [-0.15, -0.1) is 11.6 Å². The maximum Gasteiger partial charge on any atom is 0.310 e. The van der Waals surface area contributed by atoms with Crippen molar-refractivity contribution in [3.05, 3.63) is 33.9 Å². The Labute approximate surface area is 128 Å². The van der Waals surface area contributed by atoms with E-state index < -0.39 is 4.92 Å². The van der Waals surface area contributed by atoms with Crippen molar-refractivity contribution in [3.63, 3.8) is 0 Å². The summed E-state index contributed by atoms with van der Waals surface area (Å²) in [6.07, 6.45) is 0.690. The number of nitrogens with zero attached hydrogens (tertiary/aromatic N) is 2. The van der Waals surface area contributed by atoms with E-state index in [1.807, 2.05) is 13.8 Å². The standard InChI is InChI=1S/C14H19ClN2O4/c1-10(2)16(8-4-7-15)14(18)11-5-6-12(17(19)20)13(9-11)21-3/h5-6,9-10H,4,7-8H2,1-3H3.